The lowest BCUT2D eigenvalue weighted by atomic mass is 10.1. The normalized spacial score (nSPS) is 13.2. The van der Waals surface area contributed by atoms with E-state index in [9.17, 15) is 0 Å². The smallest absolute Gasteiger partial charge is 0.0471 e. The fourth-order valence-corrected chi connectivity index (χ4v) is 1.32. The number of aliphatic hydroxyl groups excluding tert-OH is 1. The highest BCUT2D eigenvalue weighted by Gasteiger charge is 2.02. The summed E-state index contributed by atoms with van der Waals surface area (Å²) in [6.45, 7) is 6.75. The van der Waals surface area contributed by atoms with E-state index in [1.807, 2.05) is 0 Å². The molecule has 0 spiro atoms. The summed E-state index contributed by atoms with van der Waals surface area (Å²) in [5.41, 5.74) is 0. The van der Waals surface area contributed by atoms with Crippen LogP contribution >= 0.6 is 0 Å². The number of hydrogen-bond donors (Lipinski definition) is 2. The number of unbranched alkanes of at least 4 members (excludes halogenated alkanes) is 3. The molecule has 0 fully saturated rings. The first kappa shape index (κ1) is 12.9. The molecular formula is C11H25NO. The Morgan fingerprint density at radius 1 is 1.15 bits per heavy atom. The van der Waals surface area contributed by atoms with Crippen molar-refractivity contribution in [1.82, 2.24) is 5.32 Å². The van der Waals surface area contributed by atoms with E-state index in [2.05, 4.69) is 19.2 Å². The van der Waals surface area contributed by atoms with Gasteiger partial charge in [0, 0.05) is 13.2 Å². The van der Waals surface area contributed by atoms with Crippen LogP contribution in [-0.2, 0) is 0 Å². The van der Waals surface area contributed by atoms with E-state index >= 15 is 0 Å². The van der Waals surface area contributed by atoms with Crippen LogP contribution in [0.1, 0.15) is 46.0 Å². The third-order valence-corrected chi connectivity index (χ3v) is 2.48. The van der Waals surface area contributed by atoms with Crippen LogP contribution in [-0.4, -0.2) is 24.8 Å². The SMILES string of the molecule is CCCCCCNCC(CC)CO. The Labute approximate surface area is 82.7 Å². The van der Waals surface area contributed by atoms with Crippen LogP contribution in [0.5, 0.6) is 0 Å². The quantitative estimate of drug-likeness (QED) is 0.542. The molecular weight excluding hydrogens is 162 g/mol. The van der Waals surface area contributed by atoms with Crippen LogP contribution in [0, 0.1) is 5.92 Å². The molecule has 0 saturated carbocycles. The summed E-state index contributed by atoms with van der Waals surface area (Å²) in [6.07, 6.45) is 6.32. The average Bonchev–Trinajstić information content (AvgIpc) is 2.17. The predicted molar refractivity (Wildman–Crippen MR) is 57.9 cm³/mol. The van der Waals surface area contributed by atoms with Crippen LogP contribution < -0.4 is 5.32 Å². The minimum absolute atomic E-state index is 0.318. The van der Waals surface area contributed by atoms with Crippen molar-refractivity contribution < 1.29 is 5.11 Å². The Kier molecular flexibility index (Phi) is 9.94. The van der Waals surface area contributed by atoms with Gasteiger partial charge in [0.25, 0.3) is 0 Å². The Bertz CT molecular complexity index is 92.1. The van der Waals surface area contributed by atoms with Crippen molar-refractivity contribution >= 4 is 0 Å². The van der Waals surface area contributed by atoms with Gasteiger partial charge in [0.1, 0.15) is 0 Å². The molecule has 0 aromatic heterocycles. The number of aliphatic hydroxyl groups is 1. The van der Waals surface area contributed by atoms with Crippen molar-refractivity contribution in [2.75, 3.05) is 19.7 Å². The van der Waals surface area contributed by atoms with Crippen LogP contribution in [0.15, 0.2) is 0 Å². The summed E-state index contributed by atoms with van der Waals surface area (Å²) in [7, 11) is 0. The second-order valence-corrected chi connectivity index (χ2v) is 3.72. The molecule has 0 aliphatic heterocycles. The van der Waals surface area contributed by atoms with Crippen LogP contribution in [0.3, 0.4) is 0 Å². The first-order valence-corrected chi connectivity index (χ1v) is 5.66. The van der Waals surface area contributed by atoms with Crippen molar-refractivity contribution in [2.24, 2.45) is 5.92 Å². The summed E-state index contributed by atoms with van der Waals surface area (Å²) in [4.78, 5) is 0. The van der Waals surface area contributed by atoms with Gasteiger partial charge in [-0.05, 0) is 25.3 Å². The van der Waals surface area contributed by atoms with Gasteiger partial charge in [-0.3, -0.25) is 0 Å². The Morgan fingerprint density at radius 3 is 2.46 bits per heavy atom. The Balaban J connectivity index is 3.05. The van der Waals surface area contributed by atoms with E-state index in [1.165, 1.54) is 25.7 Å². The number of hydrogen-bond acceptors (Lipinski definition) is 2. The molecule has 2 nitrogen and oxygen atoms in total. The molecule has 0 radical (unpaired) electrons. The zero-order valence-corrected chi connectivity index (χ0v) is 9.18. The molecule has 0 amide bonds. The van der Waals surface area contributed by atoms with Crippen molar-refractivity contribution in [2.45, 2.75) is 46.0 Å². The van der Waals surface area contributed by atoms with E-state index in [4.69, 9.17) is 5.11 Å². The molecule has 0 saturated heterocycles. The number of rotatable bonds is 9. The van der Waals surface area contributed by atoms with Gasteiger partial charge in [-0.1, -0.05) is 33.1 Å². The summed E-state index contributed by atoms with van der Waals surface area (Å²) < 4.78 is 0. The summed E-state index contributed by atoms with van der Waals surface area (Å²) >= 11 is 0. The molecule has 13 heavy (non-hydrogen) atoms. The van der Waals surface area contributed by atoms with E-state index < -0.39 is 0 Å². The maximum absolute atomic E-state index is 8.93. The maximum Gasteiger partial charge on any atom is 0.0471 e. The first-order chi connectivity index (χ1) is 6.35. The molecule has 1 unspecified atom stereocenters. The van der Waals surface area contributed by atoms with Gasteiger partial charge in [-0.15, -0.1) is 0 Å². The minimum Gasteiger partial charge on any atom is -0.396 e. The van der Waals surface area contributed by atoms with E-state index in [0.29, 0.717) is 12.5 Å². The minimum atomic E-state index is 0.318. The zero-order valence-electron chi connectivity index (χ0n) is 9.18. The molecule has 80 valence electrons. The van der Waals surface area contributed by atoms with Gasteiger partial charge in [0.15, 0.2) is 0 Å². The molecule has 0 rings (SSSR count). The lowest BCUT2D eigenvalue weighted by molar-refractivity contribution is 0.219. The van der Waals surface area contributed by atoms with Crippen LogP contribution in [0.4, 0.5) is 0 Å². The van der Waals surface area contributed by atoms with E-state index in [1.54, 1.807) is 0 Å². The van der Waals surface area contributed by atoms with Crippen molar-refractivity contribution in [3.63, 3.8) is 0 Å². The summed E-state index contributed by atoms with van der Waals surface area (Å²) in [6, 6.07) is 0. The number of nitrogens with one attached hydrogen (secondary N) is 1. The lowest BCUT2D eigenvalue weighted by Gasteiger charge is -2.12. The van der Waals surface area contributed by atoms with Crippen molar-refractivity contribution in [1.29, 1.82) is 0 Å². The molecule has 0 aliphatic carbocycles. The average molecular weight is 187 g/mol. The van der Waals surface area contributed by atoms with Gasteiger partial charge in [0.05, 0.1) is 0 Å². The van der Waals surface area contributed by atoms with Crippen LogP contribution in [0.25, 0.3) is 0 Å². The molecule has 1 atom stereocenters. The van der Waals surface area contributed by atoms with Gasteiger partial charge >= 0.3 is 0 Å². The molecule has 0 aliphatic rings. The third-order valence-electron chi connectivity index (χ3n) is 2.48. The topological polar surface area (TPSA) is 32.3 Å². The summed E-state index contributed by atoms with van der Waals surface area (Å²) in [5.74, 6) is 0.450. The van der Waals surface area contributed by atoms with Gasteiger partial charge < -0.3 is 10.4 Å². The largest absolute Gasteiger partial charge is 0.396 e. The Hall–Kier alpha value is -0.0800. The highest BCUT2D eigenvalue weighted by atomic mass is 16.3. The fourth-order valence-electron chi connectivity index (χ4n) is 1.32. The first-order valence-electron chi connectivity index (χ1n) is 5.66. The molecule has 0 aromatic rings. The molecule has 2 N–H and O–H groups in total. The monoisotopic (exact) mass is 187 g/mol. The predicted octanol–water partition coefficient (Wildman–Crippen LogP) is 2.17. The van der Waals surface area contributed by atoms with E-state index in [-0.39, 0.29) is 0 Å². The highest BCUT2D eigenvalue weighted by Crippen LogP contribution is 2.00. The second-order valence-electron chi connectivity index (χ2n) is 3.72. The van der Waals surface area contributed by atoms with Gasteiger partial charge in [0.2, 0.25) is 0 Å². The highest BCUT2D eigenvalue weighted by molar-refractivity contribution is 4.58. The molecule has 0 bridgehead atoms. The third kappa shape index (κ3) is 8.26. The fraction of sp³-hybridized carbons (Fsp3) is 1.00. The van der Waals surface area contributed by atoms with Crippen LogP contribution in [0.2, 0.25) is 0 Å². The molecule has 2 heteroatoms. The van der Waals surface area contributed by atoms with Gasteiger partial charge in [-0.2, -0.15) is 0 Å². The zero-order chi connectivity index (χ0) is 9.94. The van der Waals surface area contributed by atoms with Crippen molar-refractivity contribution in [3.05, 3.63) is 0 Å². The molecule has 0 aromatic carbocycles. The summed E-state index contributed by atoms with van der Waals surface area (Å²) in [5, 5.41) is 12.3. The lowest BCUT2D eigenvalue weighted by Crippen LogP contribution is -2.25. The standard InChI is InChI=1S/C11H25NO/c1-3-5-6-7-8-12-9-11(4-2)10-13/h11-13H,3-10H2,1-2H3. The second kappa shape index (κ2) is 10.0. The maximum atomic E-state index is 8.93. The van der Waals surface area contributed by atoms with Crippen molar-refractivity contribution in [3.8, 4) is 0 Å². The van der Waals surface area contributed by atoms with Gasteiger partial charge in [-0.25, -0.2) is 0 Å². The Morgan fingerprint density at radius 2 is 1.92 bits per heavy atom. The molecule has 0 heterocycles. The van der Waals surface area contributed by atoms with E-state index in [0.717, 1.165) is 19.5 Å².